The molecule has 1 aliphatic rings. The Kier molecular flexibility index (Phi) is 6.99. The first-order chi connectivity index (χ1) is 15.5. The van der Waals surface area contributed by atoms with E-state index in [1.165, 1.54) is 0 Å². The highest BCUT2D eigenvalue weighted by Crippen LogP contribution is 2.75. The van der Waals surface area contributed by atoms with E-state index in [-0.39, 0.29) is 5.25 Å². The van der Waals surface area contributed by atoms with E-state index in [4.69, 9.17) is 4.74 Å². The fourth-order valence-electron chi connectivity index (χ4n) is 4.57. The van der Waals surface area contributed by atoms with Crippen molar-refractivity contribution in [3.05, 3.63) is 72.1 Å². The lowest BCUT2D eigenvalue weighted by atomic mass is 9.78. The molecule has 3 rings (SSSR count). The van der Waals surface area contributed by atoms with Gasteiger partial charge in [0, 0.05) is 11.2 Å². The molecule has 7 heteroatoms. The number of ether oxygens (including phenoxy) is 1. The van der Waals surface area contributed by atoms with Crippen LogP contribution in [0.4, 0.5) is 4.39 Å². The van der Waals surface area contributed by atoms with E-state index in [0.29, 0.717) is 17.1 Å². The number of halogens is 1. The van der Waals surface area contributed by atoms with Crippen molar-refractivity contribution in [2.45, 2.75) is 38.9 Å². The number of para-hydroxylation sites is 1. The van der Waals surface area contributed by atoms with Crippen LogP contribution in [0.3, 0.4) is 0 Å². The lowest BCUT2D eigenvalue weighted by Gasteiger charge is -2.22. The standard InChI is InChI=1S/C26H26FNO4S/c1-16(2)33-23(29)21(27)14-22-25(3,4)26(22,24(30)31)20(15-28)17-9-8-12-19(13-17)32-18-10-6-5-7-11-18/h5-14,16,20,22H,1-4H3,(H,30,31)/t20-,22-,26+/m0/s1. The summed E-state index contributed by atoms with van der Waals surface area (Å²) in [6.45, 7) is 6.91. The molecule has 1 saturated carbocycles. The Morgan fingerprint density at radius 3 is 2.36 bits per heavy atom. The molecule has 0 radical (unpaired) electrons. The highest BCUT2D eigenvalue weighted by Gasteiger charge is 2.78. The number of carbonyl (C=O) groups excluding carboxylic acids is 1. The largest absolute Gasteiger partial charge is 0.481 e. The number of allylic oxidation sites excluding steroid dienone is 1. The van der Waals surface area contributed by atoms with Gasteiger partial charge in [-0.05, 0) is 41.3 Å². The summed E-state index contributed by atoms with van der Waals surface area (Å²) in [5.41, 5.74) is -2.08. The van der Waals surface area contributed by atoms with Crippen molar-refractivity contribution in [1.82, 2.24) is 0 Å². The van der Waals surface area contributed by atoms with Gasteiger partial charge in [-0.3, -0.25) is 9.59 Å². The smallest absolute Gasteiger partial charge is 0.312 e. The summed E-state index contributed by atoms with van der Waals surface area (Å²) < 4.78 is 20.5. The highest BCUT2D eigenvalue weighted by atomic mass is 32.2. The number of nitrogens with zero attached hydrogens (tertiary/aromatic N) is 1. The summed E-state index contributed by atoms with van der Waals surface area (Å²) in [5, 5.41) is 19.5. The van der Waals surface area contributed by atoms with E-state index in [0.717, 1.165) is 17.8 Å². The molecule has 1 fully saturated rings. The molecule has 0 saturated heterocycles. The van der Waals surface area contributed by atoms with Crippen LogP contribution in [0.5, 0.6) is 11.5 Å². The van der Waals surface area contributed by atoms with Crippen LogP contribution < -0.4 is 4.74 Å². The summed E-state index contributed by atoms with van der Waals surface area (Å²) in [4.78, 5) is 24.7. The van der Waals surface area contributed by atoms with Crippen LogP contribution in [-0.4, -0.2) is 21.4 Å². The molecule has 0 aliphatic heterocycles. The minimum absolute atomic E-state index is 0.104. The lowest BCUT2D eigenvalue weighted by Crippen LogP contribution is -2.28. The minimum atomic E-state index is -1.59. The van der Waals surface area contributed by atoms with E-state index < -0.39 is 39.6 Å². The molecule has 2 aromatic carbocycles. The van der Waals surface area contributed by atoms with E-state index in [2.05, 4.69) is 6.07 Å². The molecule has 33 heavy (non-hydrogen) atoms. The number of hydrogen-bond donors (Lipinski definition) is 1. The van der Waals surface area contributed by atoms with Crippen molar-refractivity contribution in [3.63, 3.8) is 0 Å². The number of carbonyl (C=O) groups is 2. The Balaban J connectivity index is 1.98. The number of hydrogen-bond acceptors (Lipinski definition) is 5. The zero-order valence-corrected chi connectivity index (χ0v) is 19.7. The summed E-state index contributed by atoms with van der Waals surface area (Å²) in [7, 11) is 0. The van der Waals surface area contributed by atoms with Gasteiger partial charge in [-0.1, -0.05) is 69.8 Å². The molecule has 0 bridgehead atoms. The van der Waals surface area contributed by atoms with Crippen LogP contribution in [0.25, 0.3) is 0 Å². The number of aliphatic carboxylic acids is 1. The molecule has 1 N–H and O–H groups in total. The highest BCUT2D eigenvalue weighted by molar-refractivity contribution is 8.14. The van der Waals surface area contributed by atoms with Gasteiger partial charge in [-0.2, -0.15) is 5.26 Å². The van der Waals surface area contributed by atoms with Crippen molar-refractivity contribution in [1.29, 1.82) is 5.26 Å². The topological polar surface area (TPSA) is 87.4 Å². The maximum atomic E-state index is 14.7. The first-order valence-electron chi connectivity index (χ1n) is 10.6. The van der Waals surface area contributed by atoms with Gasteiger partial charge in [-0.25, -0.2) is 4.39 Å². The van der Waals surface area contributed by atoms with Gasteiger partial charge < -0.3 is 9.84 Å². The van der Waals surface area contributed by atoms with Crippen LogP contribution in [0.15, 0.2) is 66.5 Å². The molecule has 0 aromatic heterocycles. The molecule has 0 amide bonds. The quantitative estimate of drug-likeness (QED) is 0.456. The first-order valence-corrected chi connectivity index (χ1v) is 11.5. The summed E-state index contributed by atoms with van der Waals surface area (Å²) >= 11 is 0.843. The SMILES string of the molecule is CC(C)SC(=O)C(F)=C[C@H]1C(C)(C)[C@]1(C(=O)O)[C@@H](C#N)c1cccc(Oc2ccccc2)c1. The number of nitriles is 1. The van der Waals surface area contributed by atoms with E-state index in [1.807, 2.05) is 18.2 Å². The Hall–Kier alpha value is -3.11. The van der Waals surface area contributed by atoms with Gasteiger partial charge in [0.2, 0.25) is 5.12 Å². The number of thioether (sulfide) groups is 1. The minimum Gasteiger partial charge on any atom is -0.481 e. The number of rotatable bonds is 8. The fourth-order valence-corrected chi connectivity index (χ4v) is 5.18. The Morgan fingerprint density at radius 2 is 1.79 bits per heavy atom. The van der Waals surface area contributed by atoms with Crippen molar-refractivity contribution in [3.8, 4) is 17.6 Å². The molecule has 172 valence electrons. The van der Waals surface area contributed by atoms with E-state index in [9.17, 15) is 24.3 Å². The molecule has 2 aromatic rings. The average Bonchev–Trinajstić information content (AvgIpc) is 3.24. The van der Waals surface area contributed by atoms with E-state index in [1.54, 1.807) is 64.1 Å². The maximum Gasteiger partial charge on any atom is 0.312 e. The van der Waals surface area contributed by atoms with Gasteiger partial charge >= 0.3 is 5.97 Å². The fraction of sp³-hybridized carbons (Fsp3) is 0.346. The third-order valence-electron chi connectivity index (χ3n) is 6.21. The van der Waals surface area contributed by atoms with Gasteiger partial charge in [0.1, 0.15) is 16.9 Å². The second-order valence-electron chi connectivity index (χ2n) is 8.89. The Bertz CT molecular complexity index is 1120. The summed E-state index contributed by atoms with van der Waals surface area (Å²) in [6, 6.07) is 17.9. The Labute approximate surface area is 197 Å². The molecule has 0 spiro atoms. The summed E-state index contributed by atoms with van der Waals surface area (Å²) in [6.07, 6.45) is 1.08. The number of carboxylic acids is 1. The van der Waals surface area contributed by atoms with E-state index >= 15 is 0 Å². The van der Waals surface area contributed by atoms with Crippen molar-refractivity contribution in [2.75, 3.05) is 0 Å². The number of carboxylic acid groups (broad SMARTS) is 1. The van der Waals surface area contributed by atoms with Crippen LogP contribution in [0, 0.1) is 28.1 Å². The van der Waals surface area contributed by atoms with Crippen molar-refractivity contribution >= 4 is 22.8 Å². The van der Waals surface area contributed by atoms with Crippen LogP contribution in [0.2, 0.25) is 0 Å². The Morgan fingerprint density at radius 1 is 1.15 bits per heavy atom. The zero-order chi connectivity index (χ0) is 24.4. The van der Waals surface area contributed by atoms with Crippen molar-refractivity contribution < 1.29 is 23.8 Å². The molecule has 5 nitrogen and oxygen atoms in total. The van der Waals surface area contributed by atoms with Gasteiger partial charge in [0.05, 0.1) is 12.0 Å². The molecular formula is C26H26FNO4S. The predicted molar refractivity (Wildman–Crippen MR) is 126 cm³/mol. The normalized spacial score (nSPS) is 22.3. The van der Waals surface area contributed by atoms with Gasteiger partial charge in [-0.15, -0.1) is 0 Å². The maximum absolute atomic E-state index is 14.7. The average molecular weight is 468 g/mol. The number of benzene rings is 2. The predicted octanol–water partition coefficient (Wildman–Crippen LogP) is 6.33. The zero-order valence-electron chi connectivity index (χ0n) is 18.9. The second-order valence-corrected chi connectivity index (χ2v) is 10.4. The molecule has 3 atom stereocenters. The third-order valence-corrected chi connectivity index (χ3v) is 7.09. The molecule has 1 aliphatic carbocycles. The summed E-state index contributed by atoms with van der Waals surface area (Å²) in [5.74, 6) is -3.03. The van der Waals surface area contributed by atoms with Crippen LogP contribution >= 0.6 is 11.8 Å². The first kappa shape index (κ1) is 24.5. The third kappa shape index (κ3) is 4.53. The molecule has 0 heterocycles. The van der Waals surface area contributed by atoms with Gasteiger partial charge in [0.25, 0.3) is 0 Å². The van der Waals surface area contributed by atoms with Crippen LogP contribution in [0.1, 0.15) is 39.2 Å². The lowest BCUT2D eigenvalue weighted by molar-refractivity contribution is -0.145. The second kappa shape index (κ2) is 9.40. The molecule has 0 unspecified atom stereocenters. The van der Waals surface area contributed by atoms with Crippen molar-refractivity contribution in [2.24, 2.45) is 16.7 Å². The van der Waals surface area contributed by atoms with Crippen LogP contribution in [-0.2, 0) is 9.59 Å². The monoisotopic (exact) mass is 467 g/mol. The molecular weight excluding hydrogens is 441 g/mol. The van der Waals surface area contributed by atoms with Gasteiger partial charge in [0.15, 0.2) is 5.83 Å².